The first-order valence-corrected chi connectivity index (χ1v) is 12.9. The van der Waals surface area contributed by atoms with Gasteiger partial charge in [0.2, 0.25) is 0 Å². The number of ether oxygens (including phenoxy) is 1. The Morgan fingerprint density at radius 1 is 1.00 bits per heavy atom. The highest BCUT2D eigenvalue weighted by molar-refractivity contribution is 5.95. The third-order valence-corrected chi connectivity index (χ3v) is 7.12. The molecule has 4 rings (SSSR count). The minimum atomic E-state index is -0.592. The Morgan fingerprint density at radius 2 is 1.73 bits per heavy atom. The summed E-state index contributed by atoms with van der Waals surface area (Å²) in [6, 6.07) is 14.5. The second kappa shape index (κ2) is 11.6. The third-order valence-electron chi connectivity index (χ3n) is 7.12. The van der Waals surface area contributed by atoms with Crippen LogP contribution in [-0.4, -0.2) is 79.0 Å². The van der Waals surface area contributed by atoms with Gasteiger partial charge in [0.1, 0.15) is 0 Å². The van der Waals surface area contributed by atoms with E-state index in [0.717, 1.165) is 29.7 Å². The van der Waals surface area contributed by atoms with Crippen LogP contribution in [0.1, 0.15) is 46.4 Å². The highest BCUT2D eigenvalue weighted by Crippen LogP contribution is 2.33. The van der Waals surface area contributed by atoms with E-state index in [-0.39, 0.29) is 18.5 Å². The summed E-state index contributed by atoms with van der Waals surface area (Å²) in [5, 5.41) is 2.99. The van der Waals surface area contributed by atoms with Gasteiger partial charge in [-0.15, -0.1) is 0 Å². The fourth-order valence-electron chi connectivity index (χ4n) is 4.96. The summed E-state index contributed by atoms with van der Waals surface area (Å²) in [7, 11) is 1.68. The molecule has 2 heterocycles. The molecular formula is C29H36N4O4. The number of nitrogens with one attached hydrogen (secondary N) is 1. The van der Waals surface area contributed by atoms with Crippen molar-refractivity contribution >= 4 is 17.9 Å². The summed E-state index contributed by atoms with van der Waals surface area (Å²) in [6.45, 7) is 9.03. The van der Waals surface area contributed by atoms with Crippen LogP contribution in [0, 0.1) is 13.8 Å². The van der Waals surface area contributed by atoms with E-state index in [1.165, 1.54) is 4.90 Å². The molecule has 1 atom stereocenters. The Kier molecular flexibility index (Phi) is 8.28. The first-order valence-electron chi connectivity index (χ1n) is 12.9. The number of likely N-dealkylation sites (N-methyl/N-ethyl adjacent to an activating group) is 1. The number of nitrogens with zero attached hydrogens (tertiary/aromatic N) is 3. The Hall–Kier alpha value is -3.65. The van der Waals surface area contributed by atoms with Gasteiger partial charge >= 0.3 is 12.0 Å². The molecule has 196 valence electrons. The topological polar surface area (TPSA) is 82.2 Å². The van der Waals surface area contributed by atoms with Gasteiger partial charge < -0.3 is 15.0 Å². The average Bonchev–Trinajstić information content (AvgIpc) is 3.13. The van der Waals surface area contributed by atoms with E-state index in [4.69, 9.17) is 4.74 Å². The Balaban J connectivity index is 1.59. The van der Waals surface area contributed by atoms with Crippen LogP contribution >= 0.6 is 0 Å². The molecule has 0 saturated carbocycles. The average molecular weight is 505 g/mol. The van der Waals surface area contributed by atoms with E-state index in [0.29, 0.717) is 43.0 Å². The molecule has 1 saturated heterocycles. The number of carbonyl (C=O) groups excluding carboxylic acids is 3. The van der Waals surface area contributed by atoms with E-state index < -0.39 is 12.0 Å². The van der Waals surface area contributed by atoms with E-state index >= 15 is 0 Å². The maximum atomic E-state index is 13.3. The highest BCUT2D eigenvalue weighted by atomic mass is 16.5. The van der Waals surface area contributed by atoms with Gasteiger partial charge in [-0.05, 0) is 50.5 Å². The van der Waals surface area contributed by atoms with Gasteiger partial charge in [-0.1, -0.05) is 42.0 Å². The quantitative estimate of drug-likeness (QED) is 0.607. The molecule has 1 N–H and O–H groups in total. The van der Waals surface area contributed by atoms with Crippen molar-refractivity contribution in [3.63, 3.8) is 0 Å². The molecule has 0 bridgehead atoms. The lowest BCUT2D eigenvalue weighted by atomic mass is 9.91. The SMILES string of the molecule is CCOC(=O)C1=C(CN2CCCN(C(=O)c3ccc(C)cc3)CC2)N(C)C(=O)NC1c1ccccc1C. The lowest BCUT2D eigenvalue weighted by Gasteiger charge is -2.37. The van der Waals surface area contributed by atoms with Crippen LogP contribution < -0.4 is 5.32 Å². The van der Waals surface area contributed by atoms with Gasteiger partial charge in [-0.2, -0.15) is 0 Å². The molecule has 0 aromatic heterocycles. The number of hydrogen-bond acceptors (Lipinski definition) is 5. The Bertz CT molecular complexity index is 1190. The molecule has 37 heavy (non-hydrogen) atoms. The van der Waals surface area contributed by atoms with E-state index in [2.05, 4.69) is 10.2 Å². The molecule has 2 aliphatic rings. The van der Waals surface area contributed by atoms with Crippen LogP contribution in [0.4, 0.5) is 4.79 Å². The zero-order valence-corrected chi connectivity index (χ0v) is 22.1. The second-order valence-electron chi connectivity index (χ2n) is 9.67. The number of urea groups is 1. The smallest absolute Gasteiger partial charge is 0.338 e. The summed E-state index contributed by atoms with van der Waals surface area (Å²) in [5.41, 5.74) is 4.75. The molecule has 0 radical (unpaired) electrons. The van der Waals surface area contributed by atoms with Crippen LogP contribution in [0.3, 0.4) is 0 Å². The summed E-state index contributed by atoms with van der Waals surface area (Å²) in [4.78, 5) is 45.0. The second-order valence-corrected chi connectivity index (χ2v) is 9.67. The van der Waals surface area contributed by atoms with Gasteiger partial charge in [0.15, 0.2) is 0 Å². The fourth-order valence-corrected chi connectivity index (χ4v) is 4.96. The minimum absolute atomic E-state index is 0.0297. The minimum Gasteiger partial charge on any atom is -0.463 e. The largest absolute Gasteiger partial charge is 0.463 e. The molecule has 3 amide bonds. The Labute approximate surface area is 218 Å². The van der Waals surface area contributed by atoms with Gasteiger partial charge in [-0.25, -0.2) is 9.59 Å². The number of rotatable bonds is 6. The maximum absolute atomic E-state index is 13.3. The molecule has 0 aliphatic carbocycles. The van der Waals surface area contributed by atoms with Crippen molar-refractivity contribution in [3.8, 4) is 0 Å². The summed E-state index contributed by atoms with van der Waals surface area (Å²) < 4.78 is 5.46. The van der Waals surface area contributed by atoms with Crippen molar-refractivity contribution < 1.29 is 19.1 Å². The van der Waals surface area contributed by atoms with E-state index in [9.17, 15) is 14.4 Å². The van der Waals surface area contributed by atoms with Crippen LogP contribution in [0.15, 0.2) is 59.8 Å². The van der Waals surface area contributed by atoms with E-state index in [1.807, 2.05) is 67.3 Å². The monoisotopic (exact) mass is 504 g/mol. The molecule has 0 spiro atoms. The molecule has 2 aromatic carbocycles. The number of benzene rings is 2. The predicted molar refractivity (Wildman–Crippen MR) is 142 cm³/mol. The predicted octanol–water partition coefficient (Wildman–Crippen LogP) is 3.66. The number of carbonyl (C=O) groups is 3. The third kappa shape index (κ3) is 5.85. The lowest BCUT2D eigenvalue weighted by molar-refractivity contribution is -0.139. The molecule has 8 nitrogen and oxygen atoms in total. The van der Waals surface area contributed by atoms with Gasteiger partial charge in [0.25, 0.3) is 5.91 Å². The standard InChI is InChI=1S/C29H36N4O4/c1-5-37-28(35)25-24(31(4)29(36)30-26(25)23-10-7-6-9-21(23)3)19-32-15-8-16-33(18-17-32)27(34)22-13-11-20(2)12-14-22/h6-7,9-14,26H,5,8,15-19H2,1-4H3,(H,30,36). The van der Waals surface area contributed by atoms with Crippen molar-refractivity contribution in [1.82, 2.24) is 20.0 Å². The highest BCUT2D eigenvalue weighted by Gasteiger charge is 2.38. The number of hydrogen-bond donors (Lipinski definition) is 1. The van der Waals surface area contributed by atoms with Gasteiger partial charge in [0.05, 0.1) is 18.2 Å². The summed E-state index contributed by atoms with van der Waals surface area (Å²) in [5.74, 6) is -0.398. The normalized spacial score (nSPS) is 18.9. The molecule has 1 fully saturated rings. The number of esters is 1. The van der Waals surface area contributed by atoms with E-state index in [1.54, 1.807) is 14.0 Å². The zero-order chi connectivity index (χ0) is 26.5. The van der Waals surface area contributed by atoms with Crippen LogP contribution in [0.25, 0.3) is 0 Å². The number of aryl methyl sites for hydroxylation is 2. The first kappa shape index (κ1) is 26.4. The molecule has 2 aromatic rings. The molecular weight excluding hydrogens is 468 g/mol. The zero-order valence-electron chi connectivity index (χ0n) is 22.1. The fraction of sp³-hybridized carbons (Fsp3) is 0.414. The van der Waals surface area contributed by atoms with Gasteiger partial charge in [-0.3, -0.25) is 14.6 Å². The Morgan fingerprint density at radius 3 is 2.43 bits per heavy atom. The van der Waals surface area contributed by atoms with Crippen molar-refractivity contribution in [2.75, 3.05) is 46.4 Å². The molecule has 1 unspecified atom stereocenters. The van der Waals surface area contributed by atoms with Crippen molar-refractivity contribution in [3.05, 3.63) is 82.1 Å². The van der Waals surface area contributed by atoms with Crippen molar-refractivity contribution in [2.45, 2.75) is 33.2 Å². The van der Waals surface area contributed by atoms with Crippen molar-refractivity contribution in [2.24, 2.45) is 0 Å². The molecule has 8 heteroatoms. The maximum Gasteiger partial charge on any atom is 0.338 e. The van der Waals surface area contributed by atoms with Crippen LogP contribution in [0.5, 0.6) is 0 Å². The van der Waals surface area contributed by atoms with Crippen LogP contribution in [0.2, 0.25) is 0 Å². The summed E-state index contributed by atoms with van der Waals surface area (Å²) in [6.07, 6.45) is 0.802. The molecule has 2 aliphatic heterocycles. The number of amides is 3. The van der Waals surface area contributed by atoms with Crippen molar-refractivity contribution in [1.29, 1.82) is 0 Å². The van der Waals surface area contributed by atoms with Crippen LogP contribution in [-0.2, 0) is 9.53 Å². The lowest BCUT2D eigenvalue weighted by Crippen LogP contribution is -2.49. The first-order chi connectivity index (χ1) is 17.8. The van der Waals surface area contributed by atoms with Gasteiger partial charge in [0, 0.05) is 51.0 Å². The summed E-state index contributed by atoms with van der Waals surface area (Å²) >= 11 is 0.